The molecular weight excluding hydrogens is 434 g/mol. The number of carbonyl (C=O) groups excluding carboxylic acids is 1. The Labute approximate surface area is 215 Å². The van der Waals surface area contributed by atoms with Gasteiger partial charge in [0, 0.05) is 6.42 Å². The Balaban J connectivity index is 3.89. The maximum atomic E-state index is 12.2. The molecule has 0 aromatic rings. The Kier molecular flexibility index (Phi) is 24.8. The monoisotopic (exact) mass is 485 g/mol. The second kappa shape index (κ2) is 26.4. The highest BCUT2D eigenvalue weighted by Gasteiger charge is 2.17. The predicted molar refractivity (Wildman–Crippen MR) is 151 cm³/mol. The van der Waals surface area contributed by atoms with Gasteiger partial charge in [0.1, 0.15) is 0 Å². The molecule has 0 radical (unpaired) electrons. The highest BCUT2D eigenvalue weighted by molar-refractivity contribution is 5.76. The van der Waals surface area contributed by atoms with Gasteiger partial charge in [-0.2, -0.15) is 0 Å². The Bertz CT molecular complexity index is 658. The number of hydrogen-bond acceptors (Lipinski definition) is 3. The molecule has 4 nitrogen and oxygen atoms in total. The van der Waals surface area contributed by atoms with Crippen molar-refractivity contribution >= 4 is 5.91 Å². The van der Waals surface area contributed by atoms with Crippen LogP contribution in [0.2, 0.25) is 0 Å². The van der Waals surface area contributed by atoms with Gasteiger partial charge in [0.25, 0.3) is 0 Å². The van der Waals surface area contributed by atoms with Crippen molar-refractivity contribution in [3.05, 3.63) is 72.9 Å². The predicted octanol–water partition coefficient (Wildman–Crippen LogP) is 7.27. The number of amides is 1. The molecule has 0 aromatic heterocycles. The summed E-state index contributed by atoms with van der Waals surface area (Å²) in [6, 6.07) is -0.659. The lowest BCUT2D eigenvalue weighted by atomic mass is 10.1. The van der Waals surface area contributed by atoms with Gasteiger partial charge in [-0.05, 0) is 70.6 Å². The molecule has 0 bridgehead atoms. The van der Waals surface area contributed by atoms with Gasteiger partial charge in [-0.3, -0.25) is 4.79 Å². The minimum absolute atomic E-state index is 0.116. The third-order valence-electron chi connectivity index (χ3n) is 5.41. The average molecular weight is 486 g/mol. The van der Waals surface area contributed by atoms with Gasteiger partial charge in [-0.1, -0.05) is 93.2 Å². The van der Waals surface area contributed by atoms with Crippen molar-refractivity contribution in [3.63, 3.8) is 0 Å². The summed E-state index contributed by atoms with van der Waals surface area (Å²) in [7, 11) is 0. The summed E-state index contributed by atoms with van der Waals surface area (Å²) in [6.07, 6.45) is 36.9. The molecule has 0 aliphatic rings. The number of unbranched alkanes of at least 4 members (excludes halogenated alkanes) is 5. The number of aliphatic hydroxyl groups excluding tert-OH is 2. The first kappa shape index (κ1) is 32.8. The zero-order valence-corrected chi connectivity index (χ0v) is 22.3. The van der Waals surface area contributed by atoms with Crippen LogP contribution in [0.1, 0.15) is 97.3 Å². The molecule has 4 heteroatoms. The van der Waals surface area contributed by atoms with Gasteiger partial charge in [-0.25, -0.2) is 0 Å². The molecular formula is C31H51NO3. The van der Waals surface area contributed by atoms with E-state index in [-0.39, 0.29) is 12.5 Å². The Morgan fingerprint density at radius 2 is 1.20 bits per heavy atom. The van der Waals surface area contributed by atoms with E-state index >= 15 is 0 Å². The number of rotatable bonds is 22. The van der Waals surface area contributed by atoms with E-state index in [2.05, 4.69) is 79.9 Å². The normalized spacial score (nSPS) is 14.5. The van der Waals surface area contributed by atoms with Crippen LogP contribution in [-0.4, -0.2) is 34.9 Å². The zero-order chi connectivity index (χ0) is 25.8. The molecule has 0 saturated carbocycles. The topological polar surface area (TPSA) is 69.6 Å². The molecule has 0 heterocycles. The van der Waals surface area contributed by atoms with Crippen LogP contribution in [0.5, 0.6) is 0 Å². The Hall–Kier alpha value is -2.17. The fraction of sp³-hybridized carbons (Fsp3) is 0.581. The van der Waals surface area contributed by atoms with E-state index < -0.39 is 12.1 Å². The van der Waals surface area contributed by atoms with E-state index in [1.165, 1.54) is 0 Å². The number of carbonyl (C=O) groups is 1. The van der Waals surface area contributed by atoms with Crippen molar-refractivity contribution in [2.24, 2.45) is 0 Å². The van der Waals surface area contributed by atoms with E-state index in [4.69, 9.17) is 0 Å². The van der Waals surface area contributed by atoms with Gasteiger partial charge in [0.2, 0.25) is 5.91 Å². The molecule has 0 aliphatic heterocycles. The Morgan fingerprint density at radius 3 is 1.83 bits per heavy atom. The molecule has 2 unspecified atom stereocenters. The number of hydrogen-bond donors (Lipinski definition) is 3. The lowest BCUT2D eigenvalue weighted by Gasteiger charge is -2.19. The van der Waals surface area contributed by atoms with E-state index in [1.807, 2.05) is 6.08 Å². The van der Waals surface area contributed by atoms with Crippen LogP contribution >= 0.6 is 0 Å². The number of allylic oxidation sites excluding steroid dienone is 11. The van der Waals surface area contributed by atoms with Gasteiger partial charge in [-0.15, -0.1) is 0 Å². The molecule has 0 rings (SSSR count). The van der Waals surface area contributed by atoms with Crippen LogP contribution in [-0.2, 0) is 4.79 Å². The summed E-state index contributed by atoms with van der Waals surface area (Å²) in [6.45, 7) is 3.99. The van der Waals surface area contributed by atoms with E-state index in [1.54, 1.807) is 6.08 Å². The van der Waals surface area contributed by atoms with Crippen LogP contribution in [0.25, 0.3) is 0 Å². The molecule has 198 valence electrons. The maximum absolute atomic E-state index is 12.2. The molecule has 35 heavy (non-hydrogen) atoms. The van der Waals surface area contributed by atoms with Crippen LogP contribution in [0.15, 0.2) is 72.9 Å². The molecule has 0 fully saturated rings. The first-order valence-electron chi connectivity index (χ1n) is 13.7. The van der Waals surface area contributed by atoms with Crippen LogP contribution in [0.4, 0.5) is 0 Å². The third-order valence-corrected chi connectivity index (χ3v) is 5.41. The second-order valence-electron chi connectivity index (χ2n) is 8.67. The van der Waals surface area contributed by atoms with Crippen molar-refractivity contribution < 1.29 is 15.0 Å². The number of aliphatic hydroxyl groups is 2. The first-order chi connectivity index (χ1) is 17.2. The van der Waals surface area contributed by atoms with E-state index in [9.17, 15) is 15.0 Å². The van der Waals surface area contributed by atoms with Gasteiger partial charge < -0.3 is 15.5 Å². The Morgan fingerprint density at radius 1 is 0.686 bits per heavy atom. The minimum Gasteiger partial charge on any atom is -0.394 e. The van der Waals surface area contributed by atoms with Crippen molar-refractivity contribution in [1.29, 1.82) is 0 Å². The van der Waals surface area contributed by atoms with Crippen LogP contribution < -0.4 is 5.32 Å². The molecule has 1 amide bonds. The summed E-state index contributed by atoms with van der Waals surface area (Å²) in [5, 5.41) is 22.6. The maximum Gasteiger partial charge on any atom is 0.220 e. The number of nitrogens with one attached hydrogen (secondary N) is 1. The molecule has 0 aliphatic carbocycles. The van der Waals surface area contributed by atoms with Gasteiger partial charge in [0.15, 0.2) is 0 Å². The quantitative estimate of drug-likeness (QED) is 0.111. The van der Waals surface area contributed by atoms with Crippen LogP contribution in [0.3, 0.4) is 0 Å². The van der Waals surface area contributed by atoms with Crippen LogP contribution in [0, 0.1) is 0 Å². The summed E-state index contributed by atoms with van der Waals surface area (Å²) in [5.41, 5.74) is 0. The summed E-state index contributed by atoms with van der Waals surface area (Å²) < 4.78 is 0. The molecule has 3 N–H and O–H groups in total. The van der Waals surface area contributed by atoms with Crippen molar-refractivity contribution in [3.8, 4) is 0 Å². The molecule has 0 spiro atoms. The SMILES string of the molecule is CC/C=C\C/C=C\C/C=C\CCCCCC(=O)NC(CO)C(O)/C=C/CC/C=C/CC/C=C/CC. The van der Waals surface area contributed by atoms with Gasteiger partial charge in [0.05, 0.1) is 18.8 Å². The molecule has 0 saturated heterocycles. The van der Waals surface area contributed by atoms with Crippen molar-refractivity contribution in [2.45, 2.75) is 109 Å². The average Bonchev–Trinajstić information content (AvgIpc) is 2.86. The molecule has 2 atom stereocenters. The largest absolute Gasteiger partial charge is 0.394 e. The van der Waals surface area contributed by atoms with E-state index in [0.29, 0.717) is 6.42 Å². The summed E-state index contributed by atoms with van der Waals surface area (Å²) in [5.74, 6) is -0.116. The summed E-state index contributed by atoms with van der Waals surface area (Å²) >= 11 is 0. The van der Waals surface area contributed by atoms with Gasteiger partial charge >= 0.3 is 0 Å². The standard InChI is InChI=1S/C31H51NO3/c1-3-5-7-9-11-13-15-16-17-19-21-23-25-27-31(35)32-29(28-33)30(34)26-24-22-20-18-14-12-10-8-6-4-2/h5-8,11,13-14,16-18,24,26,29-30,33-34H,3-4,9-10,12,15,19-23,25,27-28H2,1-2H3,(H,32,35)/b7-5-,8-6+,13-11-,17-16-,18-14+,26-24+. The minimum atomic E-state index is -0.881. The smallest absolute Gasteiger partial charge is 0.220 e. The highest BCUT2D eigenvalue weighted by atomic mass is 16.3. The fourth-order valence-electron chi connectivity index (χ4n) is 3.34. The lowest BCUT2D eigenvalue weighted by Crippen LogP contribution is -2.45. The first-order valence-corrected chi connectivity index (χ1v) is 13.7. The zero-order valence-electron chi connectivity index (χ0n) is 22.3. The second-order valence-corrected chi connectivity index (χ2v) is 8.67. The van der Waals surface area contributed by atoms with Crippen molar-refractivity contribution in [1.82, 2.24) is 5.32 Å². The van der Waals surface area contributed by atoms with Crippen molar-refractivity contribution in [2.75, 3.05) is 6.61 Å². The molecule has 0 aromatic carbocycles. The lowest BCUT2D eigenvalue weighted by molar-refractivity contribution is -0.123. The third kappa shape index (κ3) is 23.3. The van der Waals surface area contributed by atoms with E-state index in [0.717, 1.165) is 77.0 Å². The highest BCUT2D eigenvalue weighted by Crippen LogP contribution is 2.06. The summed E-state index contributed by atoms with van der Waals surface area (Å²) in [4.78, 5) is 12.2. The fourth-order valence-corrected chi connectivity index (χ4v) is 3.34.